The van der Waals surface area contributed by atoms with Gasteiger partial charge in [0.1, 0.15) is 45.9 Å². The van der Waals surface area contributed by atoms with Crippen molar-refractivity contribution in [2.24, 2.45) is 0 Å². The van der Waals surface area contributed by atoms with Gasteiger partial charge in [-0.25, -0.2) is 18.4 Å². The standard InChI is InChI=1S/C30H27F3N4O4S.ClH/c1-42(38,39)14-13-34-17-25-10-12-28(41-25)21-5-11-27-26(16-21)29(36-19-35-27)37-23-6-8-24(9-7-23)40-18-20-3-2-4-22(15-20)30(31,32)33;/h2-12,15-16,19,34H,13-14,17-18H2,1H3,(H,35,36,37);1H/p-1. The molecule has 5 aromatic rings. The van der Waals surface area contributed by atoms with E-state index in [0.29, 0.717) is 41.7 Å². The summed E-state index contributed by atoms with van der Waals surface area (Å²) in [5.74, 6) is 2.46. The Kier molecular flexibility index (Phi) is 9.95. The fourth-order valence-electron chi connectivity index (χ4n) is 4.18. The summed E-state index contributed by atoms with van der Waals surface area (Å²) in [7, 11) is -3.03. The van der Waals surface area contributed by atoms with Crippen LogP contribution >= 0.6 is 0 Å². The molecule has 0 bridgehead atoms. The molecule has 0 spiro atoms. The number of alkyl halides is 3. The number of benzene rings is 3. The van der Waals surface area contributed by atoms with E-state index in [1.54, 1.807) is 30.3 Å². The predicted molar refractivity (Wildman–Crippen MR) is 154 cm³/mol. The van der Waals surface area contributed by atoms with Crippen molar-refractivity contribution in [1.29, 1.82) is 0 Å². The normalized spacial score (nSPS) is 11.7. The number of rotatable bonds is 11. The summed E-state index contributed by atoms with van der Waals surface area (Å²) in [6, 6.07) is 21.4. The van der Waals surface area contributed by atoms with Crippen molar-refractivity contribution >= 4 is 32.2 Å². The number of halogens is 4. The minimum absolute atomic E-state index is 0. The minimum Gasteiger partial charge on any atom is -1.00 e. The van der Waals surface area contributed by atoms with Crippen LogP contribution in [0, 0.1) is 0 Å². The number of furan rings is 1. The predicted octanol–water partition coefficient (Wildman–Crippen LogP) is 3.37. The van der Waals surface area contributed by atoms with Gasteiger partial charge in [0, 0.05) is 29.4 Å². The number of hydrogen-bond donors (Lipinski definition) is 2. The number of sulfone groups is 1. The van der Waals surface area contributed by atoms with Crippen LogP contribution in [-0.4, -0.2) is 36.9 Å². The lowest BCUT2D eigenvalue weighted by Gasteiger charge is -2.12. The summed E-state index contributed by atoms with van der Waals surface area (Å²) in [5.41, 5.74) is 1.98. The molecule has 0 amide bonds. The summed E-state index contributed by atoms with van der Waals surface area (Å²) in [5, 5.41) is 7.11. The van der Waals surface area contributed by atoms with Crippen LogP contribution in [-0.2, 0) is 29.2 Å². The summed E-state index contributed by atoms with van der Waals surface area (Å²) < 4.78 is 73.1. The first-order valence-corrected chi connectivity index (χ1v) is 15.0. The highest BCUT2D eigenvalue weighted by Crippen LogP contribution is 2.31. The maximum absolute atomic E-state index is 13.0. The van der Waals surface area contributed by atoms with E-state index in [1.807, 2.05) is 30.3 Å². The Hall–Kier alpha value is -4.13. The summed E-state index contributed by atoms with van der Waals surface area (Å²) in [4.78, 5) is 8.75. The first-order chi connectivity index (χ1) is 20.0. The number of hydrogen-bond acceptors (Lipinski definition) is 8. The summed E-state index contributed by atoms with van der Waals surface area (Å²) in [6.07, 6.45) is -1.75. The second kappa shape index (κ2) is 13.4. The van der Waals surface area contributed by atoms with Gasteiger partial charge < -0.3 is 32.2 Å². The highest BCUT2D eigenvalue weighted by Gasteiger charge is 2.30. The van der Waals surface area contributed by atoms with Crippen molar-refractivity contribution in [2.75, 3.05) is 23.9 Å². The van der Waals surface area contributed by atoms with E-state index in [2.05, 4.69) is 20.6 Å². The van der Waals surface area contributed by atoms with Gasteiger partial charge >= 0.3 is 6.18 Å². The van der Waals surface area contributed by atoms with E-state index in [1.165, 1.54) is 18.6 Å². The van der Waals surface area contributed by atoms with Crippen molar-refractivity contribution in [3.8, 4) is 17.1 Å². The molecule has 0 radical (unpaired) electrons. The van der Waals surface area contributed by atoms with Crippen LogP contribution in [0.25, 0.3) is 22.2 Å². The number of anilines is 2. The van der Waals surface area contributed by atoms with Crippen LogP contribution in [0.3, 0.4) is 0 Å². The highest BCUT2D eigenvalue weighted by atomic mass is 35.5. The Labute approximate surface area is 252 Å². The van der Waals surface area contributed by atoms with Crippen molar-refractivity contribution in [3.05, 3.63) is 102 Å². The van der Waals surface area contributed by atoms with Crippen molar-refractivity contribution < 1.29 is 43.2 Å². The Morgan fingerprint density at radius 3 is 2.49 bits per heavy atom. The van der Waals surface area contributed by atoms with E-state index in [9.17, 15) is 21.6 Å². The van der Waals surface area contributed by atoms with E-state index in [-0.39, 0.29) is 24.8 Å². The van der Waals surface area contributed by atoms with Crippen LogP contribution in [0.4, 0.5) is 24.7 Å². The summed E-state index contributed by atoms with van der Waals surface area (Å²) >= 11 is 0. The van der Waals surface area contributed by atoms with Gasteiger partial charge in [0.05, 0.1) is 23.4 Å². The second-order valence-electron chi connectivity index (χ2n) is 9.66. The lowest BCUT2D eigenvalue weighted by Crippen LogP contribution is -3.00. The highest BCUT2D eigenvalue weighted by molar-refractivity contribution is 7.90. The molecule has 2 heterocycles. The quantitative estimate of drug-likeness (QED) is 0.214. The van der Waals surface area contributed by atoms with Crippen LogP contribution in [0.5, 0.6) is 5.75 Å². The second-order valence-corrected chi connectivity index (χ2v) is 11.9. The number of aromatic nitrogens is 2. The molecule has 0 aliphatic carbocycles. The zero-order chi connectivity index (χ0) is 29.7. The minimum atomic E-state index is -4.41. The van der Waals surface area contributed by atoms with Crippen LogP contribution in [0.2, 0.25) is 0 Å². The average molecular weight is 632 g/mol. The van der Waals surface area contributed by atoms with Crippen molar-refractivity contribution in [3.63, 3.8) is 0 Å². The molecule has 43 heavy (non-hydrogen) atoms. The molecule has 2 aromatic heterocycles. The number of nitrogens with zero attached hydrogens (tertiary/aromatic N) is 2. The van der Waals surface area contributed by atoms with Gasteiger partial charge in [-0.1, -0.05) is 12.1 Å². The molecule has 3 aromatic carbocycles. The fourth-order valence-corrected chi connectivity index (χ4v) is 4.70. The van der Waals surface area contributed by atoms with E-state index < -0.39 is 21.6 Å². The molecule has 13 heteroatoms. The largest absolute Gasteiger partial charge is 1.00 e. The topological polar surface area (TPSA) is 106 Å². The Morgan fingerprint density at radius 1 is 0.953 bits per heavy atom. The van der Waals surface area contributed by atoms with Gasteiger partial charge in [-0.05, 0) is 72.3 Å². The molecule has 0 atom stereocenters. The molecule has 0 fully saturated rings. The Bertz CT molecular complexity index is 1800. The number of nitrogens with one attached hydrogen (secondary N) is 2. The molecule has 0 aliphatic heterocycles. The molecule has 8 nitrogen and oxygen atoms in total. The number of ether oxygens (including phenoxy) is 1. The maximum Gasteiger partial charge on any atom is 0.416 e. The van der Waals surface area contributed by atoms with Gasteiger partial charge in [0.25, 0.3) is 0 Å². The molecule has 226 valence electrons. The lowest BCUT2D eigenvalue weighted by molar-refractivity contribution is -0.137. The van der Waals surface area contributed by atoms with Crippen LogP contribution < -0.4 is 27.8 Å². The SMILES string of the molecule is CS(=O)(=O)CCNCc1ccc(-c2ccc3ncnc(Nc4ccc(OCc5cccc(C(F)(F)F)c5)cc4)c3c2)o1.[Cl-]. The van der Waals surface area contributed by atoms with E-state index in [0.717, 1.165) is 34.3 Å². The molecule has 0 unspecified atom stereocenters. The molecular formula is C30H27ClF3N4O4S-. The fraction of sp³-hybridized carbons (Fsp3) is 0.200. The number of fused-ring (bicyclic) bond motifs is 1. The van der Waals surface area contributed by atoms with Gasteiger partial charge in [-0.3, -0.25) is 0 Å². The van der Waals surface area contributed by atoms with E-state index in [4.69, 9.17) is 9.15 Å². The molecular weight excluding hydrogens is 605 g/mol. The van der Waals surface area contributed by atoms with E-state index >= 15 is 0 Å². The first-order valence-electron chi connectivity index (χ1n) is 12.9. The molecule has 2 N–H and O–H groups in total. The van der Waals surface area contributed by atoms with Crippen LogP contribution in [0.1, 0.15) is 16.9 Å². The van der Waals surface area contributed by atoms with Crippen molar-refractivity contribution in [1.82, 2.24) is 15.3 Å². The molecule has 0 saturated carbocycles. The smallest absolute Gasteiger partial charge is 0.416 e. The van der Waals surface area contributed by atoms with Gasteiger partial charge in [-0.15, -0.1) is 0 Å². The zero-order valence-electron chi connectivity index (χ0n) is 22.9. The van der Waals surface area contributed by atoms with Gasteiger partial charge in [-0.2, -0.15) is 13.2 Å². The summed E-state index contributed by atoms with van der Waals surface area (Å²) in [6.45, 7) is 0.736. The molecule has 5 rings (SSSR count). The van der Waals surface area contributed by atoms with Crippen molar-refractivity contribution in [2.45, 2.75) is 19.3 Å². The third kappa shape index (κ3) is 8.69. The van der Waals surface area contributed by atoms with Gasteiger partial charge in [0.15, 0.2) is 0 Å². The zero-order valence-corrected chi connectivity index (χ0v) is 24.4. The Morgan fingerprint density at radius 2 is 1.74 bits per heavy atom. The first kappa shape index (κ1) is 31.8. The third-order valence-corrected chi connectivity index (χ3v) is 7.25. The monoisotopic (exact) mass is 631 g/mol. The maximum atomic E-state index is 13.0. The average Bonchev–Trinajstić information content (AvgIpc) is 3.43. The molecule has 0 aliphatic rings. The van der Waals surface area contributed by atoms with Crippen LogP contribution in [0.15, 0.2) is 89.6 Å². The van der Waals surface area contributed by atoms with Gasteiger partial charge in [0.2, 0.25) is 0 Å². The lowest BCUT2D eigenvalue weighted by atomic mass is 10.1. The molecule has 0 saturated heterocycles. The third-order valence-electron chi connectivity index (χ3n) is 6.31. The Balaban J connectivity index is 0.00000423.